The summed E-state index contributed by atoms with van der Waals surface area (Å²) in [6, 6.07) is 0.252. The molecule has 0 aliphatic carbocycles. The second-order valence-electron chi connectivity index (χ2n) is 5.33. The van der Waals surface area contributed by atoms with Gasteiger partial charge < -0.3 is 20.3 Å². The molecule has 1 aliphatic rings. The van der Waals surface area contributed by atoms with Crippen molar-refractivity contribution in [2.24, 2.45) is 0 Å². The number of likely N-dealkylation sites (N-methyl/N-ethyl adjacent to an activating group) is 1. The summed E-state index contributed by atoms with van der Waals surface area (Å²) in [6.45, 7) is 6.09. The fourth-order valence-electron chi connectivity index (χ4n) is 2.32. The molecule has 102 valence electrons. The first kappa shape index (κ1) is 14.9. The van der Waals surface area contributed by atoms with Crippen LogP contribution in [0.3, 0.4) is 0 Å². The SMILES string of the molecule is CNC(CCN1CC(O)C(O)C1)C(C)(C)OC. The van der Waals surface area contributed by atoms with Gasteiger partial charge in [0.2, 0.25) is 0 Å². The molecule has 1 fully saturated rings. The number of nitrogens with zero attached hydrogens (tertiary/aromatic N) is 1. The highest BCUT2D eigenvalue weighted by molar-refractivity contribution is 4.88. The van der Waals surface area contributed by atoms with E-state index in [9.17, 15) is 10.2 Å². The molecule has 0 bridgehead atoms. The Morgan fingerprint density at radius 2 is 1.88 bits per heavy atom. The van der Waals surface area contributed by atoms with Crippen LogP contribution in [0.25, 0.3) is 0 Å². The van der Waals surface area contributed by atoms with Crippen LogP contribution in [0, 0.1) is 0 Å². The van der Waals surface area contributed by atoms with Crippen LogP contribution in [-0.4, -0.2) is 72.8 Å². The normalized spacial score (nSPS) is 28.6. The second-order valence-corrected chi connectivity index (χ2v) is 5.33. The molecule has 0 spiro atoms. The van der Waals surface area contributed by atoms with Gasteiger partial charge in [-0.05, 0) is 33.9 Å². The number of β-amino-alcohol motifs (C(OH)–C–C–N with tert-alkyl or cyclic N) is 2. The summed E-state index contributed by atoms with van der Waals surface area (Å²) in [6.07, 6.45) is -0.270. The lowest BCUT2D eigenvalue weighted by Gasteiger charge is -2.34. The number of hydrogen-bond donors (Lipinski definition) is 3. The molecule has 3 atom stereocenters. The van der Waals surface area contributed by atoms with Gasteiger partial charge >= 0.3 is 0 Å². The molecule has 0 aromatic carbocycles. The average molecular weight is 246 g/mol. The van der Waals surface area contributed by atoms with E-state index in [0.717, 1.165) is 13.0 Å². The smallest absolute Gasteiger partial charge is 0.0938 e. The van der Waals surface area contributed by atoms with Gasteiger partial charge in [-0.2, -0.15) is 0 Å². The van der Waals surface area contributed by atoms with E-state index in [4.69, 9.17) is 4.74 Å². The van der Waals surface area contributed by atoms with Crippen molar-refractivity contribution in [2.45, 2.75) is 44.1 Å². The van der Waals surface area contributed by atoms with E-state index < -0.39 is 12.2 Å². The van der Waals surface area contributed by atoms with Crippen LogP contribution >= 0.6 is 0 Å². The lowest BCUT2D eigenvalue weighted by molar-refractivity contribution is -0.0125. The zero-order valence-electron chi connectivity index (χ0n) is 11.3. The number of rotatable bonds is 6. The van der Waals surface area contributed by atoms with Gasteiger partial charge in [-0.15, -0.1) is 0 Å². The summed E-state index contributed by atoms with van der Waals surface area (Å²) in [5.41, 5.74) is -0.217. The number of ether oxygens (including phenoxy) is 1. The molecular formula is C12H26N2O3. The summed E-state index contributed by atoms with van der Waals surface area (Å²) in [5, 5.41) is 22.2. The van der Waals surface area contributed by atoms with E-state index >= 15 is 0 Å². The molecule has 1 saturated heterocycles. The van der Waals surface area contributed by atoms with Crippen molar-refractivity contribution in [3.63, 3.8) is 0 Å². The zero-order chi connectivity index (χ0) is 13.1. The van der Waals surface area contributed by atoms with E-state index in [1.807, 2.05) is 7.05 Å². The minimum absolute atomic E-state index is 0.217. The summed E-state index contributed by atoms with van der Waals surface area (Å²) in [7, 11) is 3.65. The van der Waals surface area contributed by atoms with Gasteiger partial charge in [-0.1, -0.05) is 0 Å². The zero-order valence-corrected chi connectivity index (χ0v) is 11.3. The highest BCUT2D eigenvalue weighted by Gasteiger charge is 2.32. The molecule has 17 heavy (non-hydrogen) atoms. The van der Waals surface area contributed by atoms with Crippen LogP contribution in [0.4, 0.5) is 0 Å². The first-order valence-corrected chi connectivity index (χ1v) is 6.21. The van der Waals surface area contributed by atoms with Gasteiger partial charge in [0.15, 0.2) is 0 Å². The number of nitrogens with one attached hydrogen (secondary N) is 1. The summed E-state index contributed by atoms with van der Waals surface area (Å²) in [4.78, 5) is 2.09. The Labute approximate surface area is 104 Å². The Balaban J connectivity index is 2.39. The van der Waals surface area contributed by atoms with E-state index in [2.05, 4.69) is 24.1 Å². The van der Waals surface area contributed by atoms with Crippen molar-refractivity contribution in [3.05, 3.63) is 0 Å². The highest BCUT2D eigenvalue weighted by Crippen LogP contribution is 2.18. The van der Waals surface area contributed by atoms with Gasteiger partial charge in [0.1, 0.15) is 0 Å². The van der Waals surface area contributed by atoms with Crippen LogP contribution in [0.15, 0.2) is 0 Å². The number of hydrogen-bond acceptors (Lipinski definition) is 5. The van der Waals surface area contributed by atoms with Crippen molar-refractivity contribution >= 4 is 0 Å². The van der Waals surface area contributed by atoms with Crippen LogP contribution in [0.5, 0.6) is 0 Å². The van der Waals surface area contributed by atoms with Gasteiger partial charge in [0.05, 0.1) is 17.8 Å². The Bertz CT molecular complexity index is 226. The van der Waals surface area contributed by atoms with Gasteiger partial charge in [0.25, 0.3) is 0 Å². The van der Waals surface area contributed by atoms with Crippen LogP contribution < -0.4 is 5.32 Å². The minimum Gasteiger partial charge on any atom is -0.389 e. The summed E-state index contributed by atoms with van der Waals surface area (Å²) < 4.78 is 5.47. The molecule has 5 nitrogen and oxygen atoms in total. The van der Waals surface area contributed by atoms with Gasteiger partial charge in [-0.25, -0.2) is 0 Å². The molecule has 0 amide bonds. The molecule has 1 heterocycles. The molecule has 0 aromatic heterocycles. The molecule has 3 unspecified atom stereocenters. The molecule has 3 N–H and O–H groups in total. The monoisotopic (exact) mass is 246 g/mol. The first-order valence-electron chi connectivity index (χ1n) is 6.21. The lowest BCUT2D eigenvalue weighted by Crippen LogP contribution is -2.48. The molecular weight excluding hydrogens is 220 g/mol. The quantitative estimate of drug-likeness (QED) is 0.585. The Morgan fingerprint density at radius 1 is 1.35 bits per heavy atom. The predicted octanol–water partition coefficient (Wildman–Crippen LogP) is -0.573. The molecule has 5 heteroatoms. The van der Waals surface area contributed by atoms with E-state index in [-0.39, 0.29) is 11.6 Å². The lowest BCUT2D eigenvalue weighted by atomic mass is 9.95. The first-order chi connectivity index (χ1) is 7.90. The predicted molar refractivity (Wildman–Crippen MR) is 67.0 cm³/mol. The number of methoxy groups -OCH3 is 1. The Hall–Kier alpha value is -0.200. The van der Waals surface area contributed by atoms with Crippen molar-refractivity contribution in [2.75, 3.05) is 33.8 Å². The maximum atomic E-state index is 9.46. The third-order valence-corrected chi connectivity index (χ3v) is 3.78. The Morgan fingerprint density at radius 3 is 2.29 bits per heavy atom. The summed E-state index contributed by atoms with van der Waals surface area (Å²) in [5.74, 6) is 0. The molecule has 0 radical (unpaired) electrons. The van der Waals surface area contributed by atoms with Crippen molar-refractivity contribution in [3.8, 4) is 0 Å². The average Bonchev–Trinajstić information content (AvgIpc) is 2.59. The van der Waals surface area contributed by atoms with E-state index in [1.165, 1.54) is 0 Å². The number of likely N-dealkylation sites (tertiary alicyclic amines) is 1. The third kappa shape index (κ3) is 3.89. The van der Waals surface area contributed by atoms with Gasteiger partial charge in [-0.3, -0.25) is 4.90 Å². The van der Waals surface area contributed by atoms with Crippen LogP contribution in [0.2, 0.25) is 0 Å². The molecule has 1 aliphatic heterocycles. The standard InChI is InChI=1S/C12H26N2O3/c1-12(2,17-4)11(13-3)5-6-14-7-9(15)10(16)8-14/h9-11,13,15-16H,5-8H2,1-4H3. The van der Waals surface area contributed by atoms with E-state index in [1.54, 1.807) is 7.11 Å². The van der Waals surface area contributed by atoms with E-state index in [0.29, 0.717) is 13.1 Å². The number of aliphatic hydroxyl groups excluding tert-OH is 2. The fourth-order valence-corrected chi connectivity index (χ4v) is 2.32. The maximum Gasteiger partial charge on any atom is 0.0938 e. The van der Waals surface area contributed by atoms with Crippen LogP contribution in [0.1, 0.15) is 20.3 Å². The fraction of sp³-hybridized carbons (Fsp3) is 1.00. The maximum absolute atomic E-state index is 9.46. The molecule has 0 aromatic rings. The third-order valence-electron chi connectivity index (χ3n) is 3.78. The van der Waals surface area contributed by atoms with Crippen molar-refractivity contribution < 1.29 is 14.9 Å². The van der Waals surface area contributed by atoms with Crippen molar-refractivity contribution in [1.82, 2.24) is 10.2 Å². The van der Waals surface area contributed by atoms with Crippen molar-refractivity contribution in [1.29, 1.82) is 0 Å². The second kappa shape index (κ2) is 6.11. The minimum atomic E-state index is -0.599. The number of aliphatic hydroxyl groups is 2. The largest absolute Gasteiger partial charge is 0.389 e. The topological polar surface area (TPSA) is 65.0 Å². The Kier molecular flexibility index (Phi) is 5.34. The summed E-state index contributed by atoms with van der Waals surface area (Å²) >= 11 is 0. The van der Waals surface area contributed by atoms with Crippen LogP contribution in [-0.2, 0) is 4.74 Å². The highest BCUT2D eigenvalue weighted by atomic mass is 16.5. The van der Waals surface area contributed by atoms with Gasteiger partial charge in [0, 0.05) is 26.2 Å². The molecule has 0 saturated carbocycles. The molecule has 1 rings (SSSR count).